The van der Waals surface area contributed by atoms with Gasteiger partial charge in [0.05, 0.1) is 19.1 Å². The molecule has 32 heavy (non-hydrogen) atoms. The first-order valence-corrected chi connectivity index (χ1v) is 11.6. The van der Waals surface area contributed by atoms with Crippen molar-refractivity contribution < 1.29 is 27.5 Å². The summed E-state index contributed by atoms with van der Waals surface area (Å²) in [5.41, 5.74) is 0.789. The fourth-order valence-corrected chi connectivity index (χ4v) is 5.13. The number of hydrogen-bond donors (Lipinski definition) is 2. The van der Waals surface area contributed by atoms with Gasteiger partial charge in [-0.25, -0.2) is 13.2 Å². The van der Waals surface area contributed by atoms with Crippen molar-refractivity contribution in [2.75, 3.05) is 33.9 Å². The van der Waals surface area contributed by atoms with E-state index in [9.17, 15) is 18.0 Å². The summed E-state index contributed by atoms with van der Waals surface area (Å²) in [7, 11) is -1.09. The first kappa shape index (κ1) is 23.7. The van der Waals surface area contributed by atoms with Crippen molar-refractivity contribution in [3.8, 4) is 5.75 Å². The van der Waals surface area contributed by atoms with Crippen LogP contribution in [0.5, 0.6) is 5.75 Å². The molecular formula is C22H27N3O6S. The van der Waals surface area contributed by atoms with Crippen LogP contribution in [0, 0.1) is 0 Å². The Morgan fingerprint density at radius 1 is 1.12 bits per heavy atom. The average Bonchev–Trinajstić information content (AvgIpc) is 2.84. The van der Waals surface area contributed by atoms with E-state index in [1.54, 1.807) is 49.6 Å². The number of rotatable bonds is 8. The van der Waals surface area contributed by atoms with Crippen LogP contribution in [0.15, 0.2) is 59.5 Å². The van der Waals surface area contributed by atoms with Crippen molar-refractivity contribution >= 4 is 21.9 Å². The molecule has 2 aromatic carbocycles. The van der Waals surface area contributed by atoms with Gasteiger partial charge in [-0.05, 0) is 29.8 Å². The van der Waals surface area contributed by atoms with E-state index < -0.39 is 34.0 Å². The molecule has 1 amide bonds. The van der Waals surface area contributed by atoms with Gasteiger partial charge in [0, 0.05) is 26.1 Å². The maximum atomic E-state index is 13.1. The number of nitrogens with zero attached hydrogens (tertiary/aromatic N) is 1. The minimum absolute atomic E-state index is 0.113. The molecule has 172 valence electrons. The first-order chi connectivity index (χ1) is 15.4. The third-order valence-corrected chi connectivity index (χ3v) is 7.17. The molecule has 2 aromatic rings. The molecule has 2 atom stereocenters. The number of benzene rings is 2. The predicted octanol–water partition coefficient (Wildman–Crippen LogP) is 0.558. The number of carbonyl (C=O) groups excluding carboxylic acids is 2. The number of hydrogen-bond acceptors (Lipinski definition) is 7. The zero-order chi connectivity index (χ0) is 23.1. The SMILES string of the molecule is COC(=O)[C@H](Cc1ccc(OC)cc1)NC(=O)[C@@H]1CNCCN1S(=O)(=O)c1ccccc1. The van der Waals surface area contributed by atoms with Gasteiger partial charge in [-0.3, -0.25) is 4.79 Å². The first-order valence-electron chi connectivity index (χ1n) is 10.2. The average molecular weight is 462 g/mol. The van der Waals surface area contributed by atoms with E-state index in [4.69, 9.17) is 9.47 Å². The van der Waals surface area contributed by atoms with Gasteiger partial charge in [0.15, 0.2) is 0 Å². The molecule has 0 aliphatic carbocycles. The zero-order valence-corrected chi connectivity index (χ0v) is 18.8. The normalized spacial score (nSPS) is 17.9. The number of methoxy groups -OCH3 is 2. The van der Waals surface area contributed by atoms with Crippen LogP contribution in [0.2, 0.25) is 0 Å². The summed E-state index contributed by atoms with van der Waals surface area (Å²) in [5.74, 6) is -0.515. The Balaban J connectivity index is 1.79. The van der Waals surface area contributed by atoms with E-state index in [1.165, 1.54) is 23.5 Å². The fraction of sp³-hybridized carbons (Fsp3) is 0.364. The molecule has 9 nitrogen and oxygen atoms in total. The highest BCUT2D eigenvalue weighted by Crippen LogP contribution is 2.20. The van der Waals surface area contributed by atoms with Crippen molar-refractivity contribution in [1.82, 2.24) is 14.9 Å². The summed E-state index contributed by atoms with van der Waals surface area (Å²) >= 11 is 0. The monoisotopic (exact) mass is 461 g/mol. The number of ether oxygens (including phenoxy) is 2. The number of esters is 1. The van der Waals surface area contributed by atoms with Gasteiger partial charge in [-0.1, -0.05) is 30.3 Å². The Morgan fingerprint density at radius 2 is 1.81 bits per heavy atom. The highest BCUT2D eigenvalue weighted by Gasteiger charge is 2.39. The Morgan fingerprint density at radius 3 is 2.44 bits per heavy atom. The van der Waals surface area contributed by atoms with Gasteiger partial charge in [-0.15, -0.1) is 0 Å². The second-order valence-corrected chi connectivity index (χ2v) is 9.18. The summed E-state index contributed by atoms with van der Waals surface area (Å²) in [6.07, 6.45) is 0.188. The van der Waals surface area contributed by atoms with E-state index in [1.807, 2.05) is 0 Å². The zero-order valence-electron chi connectivity index (χ0n) is 18.0. The number of carbonyl (C=O) groups is 2. The van der Waals surface area contributed by atoms with Crippen LogP contribution in [0.3, 0.4) is 0 Å². The molecular weight excluding hydrogens is 434 g/mol. The van der Waals surface area contributed by atoms with Crippen LogP contribution < -0.4 is 15.4 Å². The lowest BCUT2D eigenvalue weighted by Crippen LogP contribution is -2.61. The van der Waals surface area contributed by atoms with Crippen molar-refractivity contribution in [3.05, 3.63) is 60.2 Å². The van der Waals surface area contributed by atoms with E-state index >= 15 is 0 Å². The van der Waals surface area contributed by atoms with Crippen LogP contribution in [-0.2, 0) is 30.8 Å². The fourth-order valence-electron chi connectivity index (χ4n) is 3.53. The Bertz CT molecular complexity index is 1030. The van der Waals surface area contributed by atoms with Crippen LogP contribution in [0.25, 0.3) is 0 Å². The highest BCUT2D eigenvalue weighted by atomic mass is 32.2. The van der Waals surface area contributed by atoms with Crippen molar-refractivity contribution in [2.24, 2.45) is 0 Å². The van der Waals surface area contributed by atoms with E-state index in [0.29, 0.717) is 12.3 Å². The quantitative estimate of drug-likeness (QED) is 0.552. The second-order valence-electron chi connectivity index (χ2n) is 7.29. The lowest BCUT2D eigenvalue weighted by molar-refractivity contribution is -0.145. The van der Waals surface area contributed by atoms with Gasteiger partial charge in [0.25, 0.3) is 0 Å². The Labute approximate surface area is 187 Å². The van der Waals surface area contributed by atoms with Gasteiger partial charge in [-0.2, -0.15) is 4.31 Å². The van der Waals surface area contributed by atoms with E-state index in [0.717, 1.165) is 5.56 Å². The summed E-state index contributed by atoms with van der Waals surface area (Å²) in [5, 5.41) is 5.73. The lowest BCUT2D eigenvalue weighted by Gasteiger charge is -2.34. The van der Waals surface area contributed by atoms with Crippen molar-refractivity contribution in [2.45, 2.75) is 23.4 Å². The molecule has 1 aliphatic rings. The third kappa shape index (κ3) is 5.45. The minimum atomic E-state index is -3.88. The van der Waals surface area contributed by atoms with Gasteiger partial charge < -0.3 is 20.1 Å². The number of piperazine rings is 1. The highest BCUT2D eigenvalue weighted by molar-refractivity contribution is 7.89. The van der Waals surface area contributed by atoms with Gasteiger partial charge >= 0.3 is 5.97 Å². The maximum Gasteiger partial charge on any atom is 0.328 e. The Hall–Kier alpha value is -2.95. The molecule has 1 heterocycles. The van der Waals surface area contributed by atoms with E-state index in [2.05, 4.69) is 10.6 Å². The van der Waals surface area contributed by atoms with Crippen LogP contribution in [0.1, 0.15) is 5.56 Å². The summed E-state index contributed by atoms with van der Waals surface area (Å²) in [4.78, 5) is 25.6. The second kappa shape index (κ2) is 10.6. The number of nitrogens with one attached hydrogen (secondary N) is 2. The molecule has 2 N–H and O–H groups in total. The molecule has 0 bridgehead atoms. The molecule has 1 fully saturated rings. The van der Waals surface area contributed by atoms with Crippen molar-refractivity contribution in [1.29, 1.82) is 0 Å². The summed E-state index contributed by atoms with van der Waals surface area (Å²) < 4.78 is 37.5. The van der Waals surface area contributed by atoms with E-state index in [-0.39, 0.29) is 24.4 Å². The molecule has 0 saturated carbocycles. The largest absolute Gasteiger partial charge is 0.497 e. The molecule has 0 unspecified atom stereocenters. The molecule has 1 aliphatic heterocycles. The van der Waals surface area contributed by atoms with Gasteiger partial charge in [0.2, 0.25) is 15.9 Å². The standard InChI is InChI=1S/C22H27N3O6S/c1-30-17-10-8-16(9-11-17)14-19(22(27)31-2)24-21(26)20-15-23-12-13-25(20)32(28,29)18-6-4-3-5-7-18/h3-11,19-20,23H,12-15H2,1-2H3,(H,24,26)/t19-,20-/m0/s1. The van der Waals surface area contributed by atoms with Gasteiger partial charge in [0.1, 0.15) is 17.8 Å². The number of amides is 1. The molecule has 0 aromatic heterocycles. The molecule has 3 rings (SSSR count). The Kier molecular flexibility index (Phi) is 7.84. The molecule has 1 saturated heterocycles. The minimum Gasteiger partial charge on any atom is -0.497 e. The summed E-state index contributed by atoms with van der Waals surface area (Å²) in [6, 6.07) is 13.1. The molecule has 0 spiro atoms. The summed E-state index contributed by atoms with van der Waals surface area (Å²) in [6.45, 7) is 0.688. The molecule has 10 heteroatoms. The smallest absolute Gasteiger partial charge is 0.328 e. The predicted molar refractivity (Wildman–Crippen MR) is 118 cm³/mol. The topological polar surface area (TPSA) is 114 Å². The third-order valence-electron chi connectivity index (χ3n) is 5.25. The van der Waals surface area contributed by atoms with Crippen LogP contribution in [0.4, 0.5) is 0 Å². The number of sulfonamides is 1. The van der Waals surface area contributed by atoms with Crippen LogP contribution >= 0.6 is 0 Å². The maximum absolute atomic E-state index is 13.1. The lowest BCUT2D eigenvalue weighted by atomic mass is 10.0. The van der Waals surface area contributed by atoms with Crippen LogP contribution in [-0.4, -0.2) is 70.5 Å². The van der Waals surface area contributed by atoms with Crippen molar-refractivity contribution in [3.63, 3.8) is 0 Å². The molecule has 0 radical (unpaired) electrons.